The van der Waals surface area contributed by atoms with Crippen molar-refractivity contribution in [2.24, 2.45) is 0 Å². The number of aryl methyl sites for hydroxylation is 1. The number of aromatic nitrogens is 1. The molecule has 1 aromatic heterocycles. The van der Waals surface area contributed by atoms with Gasteiger partial charge in [-0.15, -0.1) is 0 Å². The van der Waals surface area contributed by atoms with Gasteiger partial charge in [0, 0.05) is 31.1 Å². The van der Waals surface area contributed by atoms with Gasteiger partial charge >= 0.3 is 0 Å². The molecule has 0 saturated carbocycles. The van der Waals surface area contributed by atoms with Crippen LogP contribution in [0.5, 0.6) is 0 Å². The number of likely N-dealkylation sites (N-methyl/N-ethyl adjacent to an activating group) is 1. The van der Waals surface area contributed by atoms with E-state index in [-0.39, 0.29) is 18.2 Å². The highest BCUT2D eigenvalue weighted by Crippen LogP contribution is 2.34. The zero-order valence-corrected chi connectivity index (χ0v) is 14.5. The van der Waals surface area contributed by atoms with E-state index in [2.05, 4.69) is 10.5 Å². The average molecular weight is 357 g/mol. The Bertz CT molecular complexity index is 877. The summed E-state index contributed by atoms with van der Waals surface area (Å²) in [5, 5.41) is 6.82. The molecule has 26 heavy (non-hydrogen) atoms. The van der Waals surface area contributed by atoms with Gasteiger partial charge in [-0.1, -0.05) is 5.16 Å². The summed E-state index contributed by atoms with van der Waals surface area (Å²) in [5.41, 5.74) is 2.89. The number of rotatable bonds is 3. The van der Waals surface area contributed by atoms with Gasteiger partial charge in [0.05, 0.1) is 12.5 Å². The Morgan fingerprint density at radius 3 is 3.04 bits per heavy atom. The predicted molar refractivity (Wildman–Crippen MR) is 92.0 cm³/mol. The van der Waals surface area contributed by atoms with Gasteiger partial charge in [0.15, 0.2) is 0 Å². The van der Waals surface area contributed by atoms with Crippen LogP contribution in [0.15, 0.2) is 22.7 Å². The molecule has 6 nitrogen and oxygen atoms in total. The monoisotopic (exact) mass is 357 g/mol. The van der Waals surface area contributed by atoms with Crippen molar-refractivity contribution >= 4 is 17.5 Å². The smallest absolute Gasteiger partial charge is 0.230 e. The lowest BCUT2D eigenvalue weighted by molar-refractivity contribution is -0.134. The van der Waals surface area contributed by atoms with Gasteiger partial charge in [0.1, 0.15) is 17.3 Å². The Morgan fingerprint density at radius 2 is 2.19 bits per heavy atom. The van der Waals surface area contributed by atoms with Crippen LogP contribution in [0.25, 0.3) is 0 Å². The highest BCUT2D eigenvalue weighted by atomic mass is 19.1. The minimum atomic E-state index is -0.692. The molecule has 0 radical (unpaired) electrons. The number of carbonyl (C=O) groups is 2. The summed E-state index contributed by atoms with van der Waals surface area (Å²) in [6.45, 7) is 0.320. The molecule has 2 aliphatic rings. The fraction of sp³-hybridized carbons (Fsp3) is 0.421. The third kappa shape index (κ3) is 2.98. The Hall–Kier alpha value is -2.70. The van der Waals surface area contributed by atoms with Crippen LogP contribution in [0.4, 0.5) is 10.1 Å². The van der Waals surface area contributed by atoms with Gasteiger partial charge in [0.25, 0.3) is 0 Å². The predicted octanol–water partition coefficient (Wildman–Crippen LogP) is 2.78. The molecule has 7 heteroatoms. The molecule has 136 valence electrons. The molecular weight excluding hydrogens is 337 g/mol. The zero-order valence-electron chi connectivity index (χ0n) is 14.5. The first-order valence-corrected chi connectivity index (χ1v) is 8.83. The lowest BCUT2D eigenvalue weighted by atomic mass is 9.89. The van der Waals surface area contributed by atoms with Gasteiger partial charge < -0.3 is 14.7 Å². The van der Waals surface area contributed by atoms with Crippen LogP contribution < -0.4 is 5.32 Å². The van der Waals surface area contributed by atoms with Crippen molar-refractivity contribution < 1.29 is 18.5 Å². The summed E-state index contributed by atoms with van der Waals surface area (Å²) >= 11 is 0. The van der Waals surface area contributed by atoms with Crippen LogP contribution in [0.1, 0.15) is 47.8 Å². The zero-order chi connectivity index (χ0) is 18.3. The molecule has 0 saturated heterocycles. The second-order valence-corrected chi connectivity index (χ2v) is 6.97. The van der Waals surface area contributed by atoms with Crippen LogP contribution in [-0.2, 0) is 29.0 Å². The molecule has 2 amide bonds. The summed E-state index contributed by atoms with van der Waals surface area (Å²) in [6.07, 6.45) is 3.99. The number of anilines is 1. The molecule has 2 heterocycles. The lowest BCUT2D eigenvalue weighted by Crippen LogP contribution is -2.36. The molecule has 0 spiro atoms. The fourth-order valence-electron chi connectivity index (χ4n) is 3.79. The van der Waals surface area contributed by atoms with E-state index in [1.807, 2.05) is 0 Å². The van der Waals surface area contributed by atoms with Gasteiger partial charge in [-0.3, -0.25) is 9.59 Å². The number of nitrogens with zero attached hydrogens (tertiary/aromatic N) is 2. The van der Waals surface area contributed by atoms with Crippen molar-refractivity contribution in [2.45, 2.75) is 44.6 Å². The molecule has 1 aliphatic heterocycles. The van der Waals surface area contributed by atoms with E-state index in [0.717, 1.165) is 42.7 Å². The Labute approximate surface area is 150 Å². The number of halogens is 1. The second kappa shape index (κ2) is 6.55. The van der Waals surface area contributed by atoms with Crippen LogP contribution >= 0.6 is 0 Å². The molecule has 0 unspecified atom stereocenters. The maximum atomic E-state index is 13.7. The van der Waals surface area contributed by atoms with Crippen molar-refractivity contribution in [2.75, 3.05) is 12.4 Å². The van der Waals surface area contributed by atoms with Crippen LogP contribution in [0.2, 0.25) is 0 Å². The van der Waals surface area contributed by atoms with Crippen molar-refractivity contribution in [1.82, 2.24) is 10.1 Å². The first-order valence-electron chi connectivity index (χ1n) is 8.83. The van der Waals surface area contributed by atoms with Gasteiger partial charge in [-0.25, -0.2) is 4.39 Å². The second-order valence-electron chi connectivity index (χ2n) is 6.97. The minimum absolute atomic E-state index is 0.0105. The van der Waals surface area contributed by atoms with Crippen LogP contribution in [0, 0.1) is 5.82 Å². The van der Waals surface area contributed by atoms with E-state index in [4.69, 9.17) is 4.52 Å². The van der Waals surface area contributed by atoms with Crippen LogP contribution in [0.3, 0.4) is 0 Å². The highest BCUT2D eigenvalue weighted by Gasteiger charge is 2.33. The number of fused-ring (bicyclic) bond motifs is 2. The van der Waals surface area contributed by atoms with Crippen molar-refractivity contribution in [3.8, 4) is 0 Å². The third-order valence-electron chi connectivity index (χ3n) is 5.15. The number of hydrogen-bond acceptors (Lipinski definition) is 4. The molecule has 1 aliphatic carbocycles. The standard InChI is InChI=1S/C19H20FN3O3/c1-23(10-16-12-4-2-3-5-17(12)26-22-16)19(25)14-9-18(24)21-15-7-6-11(20)8-13(14)15/h6-8,14H,2-5,9-10H2,1H3,(H,21,24)/t14-/m1/s1. The van der Waals surface area contributed by atoms with E-state index in [1.54, 1.807) is 11.9 Å². The average Bonchev–Trinajstić information content (AvgIpc) is 3.04. The molecule has 4 rings (SSSR count). The van der Waals surface area contributed by atoms with Gasteiger partial charge in [-0.05, 0) is 43.0 Å². The van der Waals surface area contributed by atoms with E-state index in [1.165, 1.54) is 18.2 Å². The number of benzene rings is 1. The SMILES string of the molecule is CN(Cc1noc2c1CCCC2)C(=O)[C@@H]1CC(=O)Nc2ccc(F)cc21. The van der Waals surface area contributed by atoms with Crippen molar-refractivity contribution in [3.05, 3.63) is 46.6 Å². The summed E-state index contributed by atoms with van der Waals surface area (Å²) < 4.78 is 19.1. The Kier molecular flexibility index (Phi) is 4.22. The minimum Gasteiger partial charge on any atom is -0.361 e. The number of carbonyl (C=O) groups excluding carboxylic acids is 2. The summed E-state index contributed by atoms with van der Waals surface area (Å²) in [6, 6.07) is 4.09. The normalized spacial score (nSPS) is 18.7. The fourth-order valence-corrected chi connectivity index (χ4v) is 3.79. The van der Waals surface area contributed by atoms with E-state index in [0.29, 0.717) is 17.8 Å². The third-order valence-corrected chi connectivity index (χ3v) is 5.15. The molecular formula is C19H20FN3O3. The van der Waals surface area contributed by atoms with Gasteiger partial charge in [0.2, 0.25) is 11.8 Å². The Morgan fingerprint density at radius 1 is 1.38 bits per heavy atom. The maximum absolute atomic E-state index is 13.7. The number of hydrogen-bond donors (Lipinski definition) is 1. The number of amides is 2. The van der Waals surface area contributed by atoms with E-state index in [9.17, 15) is 14.0 Å². The quantitative estimate of drug-likeness (QED) is 0.916. The van der Waals surface area contributed by atoms with Gasteiger partial charge in [-0.2, -0.15) is 0 Å². The Balaban J connectivity index is 1.57. The summed E-state index contributed by atoms with van der Waals surface area (Å²) in [7, 11) is 1.68. The largest absolute Gasteiger partial charge is 0.361 e. The summed E-state index contributed by atoms with van der Waals surface area (Å²) in [4.78, 5) is 26.5. The molecule has 1 N–H and O–H groups in total. The van der Waals surface area contributed by atoms with Crippen molar-refractivity contribution in [3.63, 3.8) is 0 Å². The molecule has 1 atom stereocenters. The summed E-state index contributed by atoms with van der Waals surface area (Å²) in [5.74, 6) is -0.668. The molecule has 2 aromatic rings. The maximum Gasteiger partial charge on any atom is 0.230 e. The molecule has 0 fully saturated rings. The number of nitrogens with one attached hydrogen (secondary N) is 1. The topological polar surface area (TPSA) is 75.4 Å². The van der Waals surface area contributed by atoms with Crippen molar-refractivity contribution in [1.29, 1.82) is 0 Å². The molecule has 0 bridgehead atoms. The highest BCUT2D eigenvalue weighted by molar-refractivity contribution is 6.01. The van der Waals surface area contributed by atoms with E-state index >= 15 is 0 Å². The first kappa shape index (κ1) is 16.8. The van der Waals surface area contributed by atoms with Crippen LogP contribution in [-0.4, -0.2) is 28.9 Å². The first-order chi connectivity index (χ1) is 12.5. The lowest BCUT2D eigenvalue weighted by Gasteiger charge is -2.28. The molecule has 1 aromatic carbocycles. The van der Waals surface area contributed by atoms with E-state index < -0.39 is 11.7 Å².